The first kappa shape index (κ1) is 19.5. The van der Waals surface area contributed by atoms with Gasteiger partial charge in [-0.3, -0.25) is 9.10 Å². The fourth-order valence-corrected chi connectivity index (χ4v) is 3.94. The first-order valence-corrected chi connectivity index (χ1v) is 10.1. The molecule has 1 aromatic carbocycles. The molecule has 1 fully saturated rings. The average Bonchev–Trinajstić information content (AvgIpc) is 3.09. The second-order valence-corrected chi connectivity index (χ2v) is 8.14. The molecule has 1 heterocycles. The minimum atomic E-state index is -3.68. The monoisotopic (exact) mass is 388 g/mol. The molecule has 9 heteroatoms. The van der Waals surface area contributed by atoms with Crippen LogP contribution in [-0.4, -0.2) is 58.2 Å². The van der Waals surface area contributed by atoms with Crippen LogP contribution in [0.4, 0.5) is 5.69 Å². The predicted octanol–water partition coefficient (Wildman–Crippen LogP) is 1.91. The molecule has 1 aliphatic rings. The number of hydrogen-bond acceptors (Lipinski definition) is 5. The molecule has 0 atom stereocenters. The van der Waals surface area contributed by atoms with Crippen LogP contribution >= 0.6 is 11.6 Å². The van der Waals surface area contributed by atoms with Crippen molar-refractivity contribution in [2.75, 3.05) is 37.3 Å². The summed E-state index contributed by atoms with van der Waals surface area (Å²) in [6.45, 7) is 1.37. The Labute approximate surface area is 152 Å². The SMILES string of the molecule is COC(=O)c1ccc(Cl)c(N(CCC(=O)N2CCCC2)S(C)(=O)=O)c1. The highest BCUT2D eigenvalue weighted by atomic mass is 35.5. The summed E-state index contributed by atoms with van der Waals surface area (Å²) in [7, 11) is -2.45. The lowest BCUT2D eigenvalue weighted by Crippen LogP contribution is -2.36. The van der Waals surface area contributed by atoms with E-state index in [0.29, 0.717) is 13.1 Å². The van der Waals surface area contributed by atoms with Crippen molar-refractivity contribution in [1.29, 1.82) is 0 Å². The molecule has 0 bridgehead atoms. The van der Waals surface area contributed by atoms with Crippen LogP contribution in [-0.2, 0) is 19.6 Å². The molecule has 7 nitrogen and oxygen atoms in total. The maximum absolute atomic E-state index is 12.2. The number of esters is 1. The molecule has 2 rings (SSSR count). The number of ether oxygens (including phenoxy) is 1. The molecule has 0 radical (unpaired) electrons. The molecule has 25 heavy (non-hydrogen) atoms. The van der Waals surface area contributed by atoms with Crippen molar-refractivity contribution < 1.29 is 22.7 Å². The van der Waals surface area contributed by atoms with E-state index >= 15 is 0 Å². The Bertz CT molecular complexity index is 760. The quantitative estimate of drug-likeness (QED) is 0.695. The number of nitrogens with zero attached hydrogens (tertiary/aromatic N) is 2. The summed E-state index contributed by atoms with van der Waals surface area (Å²) in [6, 6.07) is 4.24. The minimum Gasteiger partial charge on any atom is -0.465 e. The van der Waals surface area contributed by atoms with Crippen LogP contribution in [0.15, 0.2) is 18.2 Å². The van der Waals surface area contributed by atoms with Gasteiger partial charge in [0.15, 0.2) is 0 Å². The summed E-state index contributed by atoms with van der Waals surface area (Å²) < 4.78 is 30.1. The van der Waals surface area contributed by atoms with Crippen molar-refractivity contribution in [2.45, 2.75) is 19.3 Å². The number of rotatable bonds is 6. The van der Waals surface area contributed by atoms with Crippen LogP contribution in [0.1, 0.15) is 29.6 Å². The number of hydrogen-bond donors (Lipinski definition) is 0. The van der Waals surface area contributed by atoms with E-state index in [0.717, 1.165) is 23.4 Å². The third-order valence-electron chi connectivity index (χ3n) is 4.02. The van der Waals surface area contributed by atoms with Crippen LogP contribution in [0, 0.1) is 0 Å². The first-order chi connectivity index (χ1) is 11.7. The van der Waals surface area contributed by atoms with E-state index in [1.54, 1.807) is 4.90 Å². The van der Waals surface area contributed by atoms with E-state index in [1.807, 2.05) is 0 Å². The fraction of sp³-hybridized carbons (Fsp3) is 0.500. The molecule has 0 aliphatic carbocycles. The first-order valence-electron chi connectivity index (χ1n) is 7.87. The van der Waals surface area contributed by atoms with Gasteiger partial charge in [0.2, 0.25) is 15.9 Å². The number of sulfonamides is 1. The summed E-state index contributed by atoms with van der Waals surface area (Å²) in [5.41, 5.74) is 0.336. The van der Waals surface area contributed by atoms with Gasteiger partial charge in [-0.1, -0.05) is 11.6 Å². The van der Waals surface area contributed by atoms with Gasteiger partial charge < -0.3 is 9.64 Å². The number of benzene rings is 1. The Hall–Kier alpha value is -1.80. The van der Waals surface area contributed by atoms with Crippen molar-refractivity contribution in [3.63, 3.8) is 0 Å². The van der Waals surface area contributed by atoms with Gasteiger partial charge >= 0.3 is 5.97 Å². The zero-order valence-electron chi connectivity index (χ0n) is 14.2. The van der Waals surface area contributed by atoms with Crippen molar-refractivity contribution in [3.8, 4) is 0 Å². The average molecular weight is 389 g/mol. The van der Waals surface area contributed by atoms with Gasteiger partial charge in [0, 0.05) is 26.1 Å². The predicted molar refractivity (Wildman–Crippen MR) is 95.4 cm³/mol. The van der Waals surface area contributed by atoms with Gasteiger partial charge in [0.25, 0.3) is 0 Å². The highest BCUT2D eigenvalue weighted by Gasteiger charge is 2.24. The third-order valence-corrected chi connectivity index (χ3v) is 5.52. The molecule has 0 N–H and O–H groups in total. The van der Waals surface area contributed by atoms with E-state index in [9.17, 15) is 18.0 Å². The number of anilines is 1. The number of carbonyl (C=O) groups is 2. The van der Waals surface area contributed by atoms with Crippen LogP contribution in [0.2, 0.25) is 5.02 Å². The van der Waals surface area contributed by atoms with Gasteiger partial charge in [0.1, 0.15) is 0 Å². The highest BCUT2D eigenvalue weighted by molar-refractivity contribution is 7.92. The summed E-state index contributed by atoms with van der Waals surface area (Å²) in [6.07, 6.45) is 3.02. The molecule has 0 saturated carbocycles. The molecular formula is C16H21ClN2O5S. The Balaban J connectivity index is 2.25. The molecule has 138 valence electrons. The topological polar surface area (TPSA) is 84.0 Å². The number of likely N-dealkylation sites (tertiary alicyclic amines) is 1. The number of methoxy groups -OCH3 is 1. The largest absolute Gasteiger partial charge is 0.465 e. The summed E-state index contributed by atoms with van der Waals surface area (Å²) >= 11 is 6.13. The minimum absolute atomic E-state index is 0.0431. The smallest absolute Gasteiger partial charge is 0.337 e. The molecule has 0 unspecified atom stereocenters. The second kappa shape index (κ2) is 8.05. The molecule has 1 amide bonds. The lowest BCUT2D eigenvalue weighted by Gasteiger charge is -2.25. The molecule has 0 aromatic heterocycles. The maximum Gasteiger partial charge on any atom is 0.337 e. The lowest BCUT2D eigenvalue weighted by atomic mass is 10.2. The number of carbonyl (C=O) groups excluding carboxylic acids is 2. The second-order valence-electron chi connectivity index (χ2n) is 5.83. The molecule has 1 aliphatic heterocycles. The van der Waals surface area contributed by atoms with E-state index < -0.39 is 16.0 Å². The zero-order chi connectivity index (χ0) is 18.6. The molecule has 0 spiro atoms. The highest BCUT2D eigenvalue weighted by Crippen LogP contribution is 2.29. The maximum atomic E-state index is 12.2. The molecule has 1 saturated heterocycles. The van der Waals surface area contributed by atoms with Crippen molar-refractivity contribution in [2.24, 2.45) is 0 Å². The van der Waals surface area contributed by atoms with Crippen LogP contribution < -0.4 is 4.31 Å². The zero-order valence-corrected chi connectivity index (χ0v) is 15.8. The number of halogens is 1. The fourth-order valence-electron chi connectivity index (χ4n) is 2.74. The lowest BCUT2D eigenvalue weighted by molar-refractivity contribution is -0.129. The Morgan fingerprint density at radius 1 is 1.28 bits per heavy atom. The van der Waals surface area contributed by atoms with Gasteiger partial charge in [-0.25, -0.2) is 13.2 Å². The van der Waals surface area contributed by atoms with E-state index in [4.69, 9.17) is 11.6 Å². The summed E-state index contributed by atoms with van der Waals surface area (Å²) in [5.74, 6) is -0.689. The van der Waals surface area contributed by atoms with Crippen molar-refractivity contribution in [3.05, 3.63) is 28.8 Å². The number of amides is 1. The van der Waals surface area contributed by atoms with Gasteiger partial charge in [-0.15, -0.1) is 0 Å². The standard InChI is InChI=1S/C16H21ClN2O5S/c1-24-16(21)12-5-6-13(17)14(11-12)19(25(2,22)23)10-7-15(20)18-8-3-4-9-18/h5-6,11H,3-4,7-10H2,1-2H3. The molecular weight excluding hydrogens is 368 g/mol. The van der Waals surface area contributed by atoms with Gasteiger partial charge in [-0.05, 0) is 31.0 Å². The Morgan fingerprint density at radius 2 is 1.92 bits per heavy atom. The third kappa shape index (κ3) is 4.85. The van der Waals surface area contributed by atoms with Crippen LogP contribution in [0.5, 0.6) is 0 Å². The normalized spacial score (nSPS) is 14.4. The Morgan fingerprint density at radius 3 is 2.48 bits per heavy atom. The molecule has 1 aromatic rings. The van der Waals surface area contributed by atoms with Gasteiger partial charge in [0.05, 0.1) is 29.6 Å². The van der Waals surface area contributed by atoms with Crippen LogP contribution in [0.3, 0.4) is 0 Å². The summed E-state index contributed by atoms with van der Waals surface area (Å²) in [4.78, 5) is 25.6. The van der Waals surface area contributed by atoms with E-state index in [2.05, 4.69) is 4.74 Å². The Kier molecular flexibility index (Phi) is 6.29. The van der Waals surface area contributed by atoms with E-state index in [1.165, 1.54) is 25.3 Å². The van der Waals surface area contributed by atoms with Crippen molar-refractivity contribution in [1.82, 2.24) is 4.90 Å². The van der Waals surface area contributed by atoms with E-state index in [-0.39, 0.29) is 35.1 Å². The van der Waals surface area contributed by atoms with Gasteiger partial charge in [-0.2, -0.15) is 0 Å². The summed E-state index contributed by atoms with van der Waals surface area (Å²) in [5, 5.41) is 0.173. The van der Waals surface area contributed by atoms with Crippen LogP contribution in [0.25, 0.3) is 0 Å². The van der Waals surface area contributed by atoms with Crippen molar-refractivity contribution >= 4 is 39.2 Å².